The summed E-state index contributed by atoms with van der Waals surface area (Å²) in [6, 6.07) is 15.6. The second-order valence-electron chi connectivity index (χ2n) is 9.01. The summed E-state index contributed by atoms with van der Waals surface area (Å²) in [5.41, 5.74) is 1.65. The molecule has 2 aromatic carbocycles. The lowest BCUT2D eigenvalue weighted by molar-refractivity contribution is -0.143. The van der Waals surface area contributed by atoms with Gasteiger partial charge in [-0.1, -0.05) is 92.5 Å². The van der Waals surface area contributed by atoms with Gasteiger partial charge in [0, 0.05) is 13.0 Å². The zero-order valence-corrected chi connectivity index (χ0v) is 25.2. The van der Waals surface area contributed by atoms with Crippen LogP contribution < -0.4 is 10.6 Å². The van der Waals surface area contributed by atoms with Crippen LogP contribution in [0, 0.1) is 0 Å². The summed E-state index contributed by atoms with van der Waals surface area (Å²) in [5, 5.41) is 15.1. The van der Waals surface area contributed by atoms with E-state index in [1.54, 1.807) is 0 Å². The van der Waals surface area contributed by atoms with E-state index in [0.29, 0.717) is 30.0 Å². The van der Waals surface area contributed by atoms with Gasteiger partial charge in [-0.25, -0.2) is 4.79 Å². The molecule has 0 unspecified atom stereocenters. The average Bonchev–Trinajstić information content (AvgIpc) is 3.46. The van der Waals surface area contributed by atoms with Crippen molar-refractivity contribution >= 4 is 61.5 Å². The van der Waals surface area contributed by atoms with Gasteiger partial charge in [0.1, 0.15) is 24.7 Å². The van der Waals surface area contributed by atoms with Gasteiger partial charge in [-0.3, -0.25) is 19.2 Å². The highest BCUT2D eigenvalue weighted by Crippen LogP contribution is 2.20. The molecule has 0 radical (unpaired) electrons. The lowest BCUT2D eigenvalue weighted by atomic mass is 10.0. The van der Waals surface area contributed by atoms with Gasteiger partial charge in [0.2, 0.25) is 11.8 Å². The van der Waals surface area contributed by atoms with E-state index in [1.165, 1.54) is 11.8 Å². The van der Waals surface area contributed by atoms with E-state index in [2.05, 4.69) is 42.5 Å². The molecule has 3 atom stereocenters. The highest BCUT2D eigenvalue weighted by Gasteiger charge is 2.38. The Morgan fingerprint density at radius 1 is 0.950 bits per heavy atom. The van der Waals surface area contributed by atoms with Crippen LogP contribution >= 0.6 is 31.9 Å². The normalized spacial score (nSPS) is 15.6. The number of nitrogens with zero attached hydrogens (tertiary/aromatic N) is 1. The molecule has 1 saturated heterocycles. The largest absolute Gasteiger partial charge is 0.480 e. The number of carboxylic acid groups (broad SMARTS) is 1. The number of amides is 3. The maximum Gasteiger partial charge on any atom is 0.408 e. The topological polar surface area (TPSA) is 142 Å². The standard InChI is InChI=1S/C25H29N3O6.C3H4Br2O/c1-17(24(31)32)26-22(29)21-13-8-14-28(21)23(30)20(15-18-9-4-2-5-10-18)27-25(33)34-16-19-11-6-3-7-12-19;4-1-3(6)2-5/h2-7,9-12,17,20-21H,8,13-16H2,1H3,(H,26,29)(H,27,33)(H,31,32);1-2H2/t17-,20+,21-;/m0./s1. The Morgan fingerprint density at radius 2 is 1.52 bits per heavy atom. The van der Waals surface area contributed by atoms with Crippen LogP contribution in [0.1, 0.15) is 30.9 Å². The molecule has 10 nitrogen and oxygen atoms in total. The summed E-state index contributed by atoms with van der Waals surface area (Å²) in [7, 11) is 0. The third-order valence-electron chi connectivity index (χ3n) is 5.95. The number of hydrogen-bond donors (Lipinski definition) is 3. The van der Waals surface area contributed by atoms with Crippen molar-refractivity contribution < 1.29 is 33.8 Å². The fourth-order valence-electron chi connectivity index (χ4n) is 3.87. The van der Waals surface area contributed by atoms with E-state index < -0.39 is 42.0 Å². The van der Waals surface area contributed by atoms with Crippen molar-refractivity contribution in [3.05, 3.63) is 71.8 Å². The van der Waals surface area contributed by atoms with E-state index in [-0.39, 0.29) is 18.8 Å². The number of carboxylic acids is 1. The number of ether oxygens (including phenoxy) is 1. The fraction of sp³-hybridized carbons (Fsp3) is 0.393. The minimum Gasteiger partial charge on any atom is -0.480 e. The number of nitrogens with one attached hydrogen (secondary N) is 2. The van der Waals surface area contributed by atoms with Crippen molar-refractivity contribution in [2.75, 3.05) is 17.2 Å². The molecule has 1 fully saturated rings. The first-order valence-corrected chi connectivity index (χ1v) is 14.9. The molecule has 0 aliphatic carbocycles. The molecular weight excluding hydrogens is 650 g/mol. The molecule has 40 heavy (non-hydrogen) atoms. The van der Waals surface area contributed by atoms with Gasteiger partial charge in [-0.2, -0.15) is 0 Å². The van der Waals surface area contributed by atoms with Crippen LogP contribution in [0.2, 0.25) is 0 Å². The number of carbonyl (C=O) groups is 5. The summed E-state index contributed by atoms with van der Waals surface area (Å²) >= 11 is 5.99. The molecule has 0 bridgehead atoms. The second-order valence-corrected chi connectivity index (χ2v) is 10.1. The van der Waals surface area contributed by atoms with Crippen LogP contribution in [-0.4, -0.2) is 75.0 Å². The number of carbonyl (C=O) groups excluding carboxylic acids is 4. The van der Waals surface area contributed by atoms with E-state index in [4.69, 9.17) is 9.84 Å². The average molecular weight is 683 g/mol. The molecule has 1 heterocycles. The van der Waals surface area contributed by atoms with Crippen LogP contribution in [0.25, 0.3) is 0 Å². The highest BCUT2D eigenvalue weighted by molar-refractivity contribution is 9.10. The lowest BCUT2D eigenvalue weighted by Crippen LogP contribution is -2.55. The Hall–Kier alpha value is -3.25. The molecule has 3 N–H and O–H groups in total. The van der Waals surface area contributed by atoms with E-state index in [1.807, 2.05) is 60.7 Å². The molecule has 0 spiro atoms. The van der Waals surface area contributed by atoms with Crippen LogP contribution in [0.15, 0.2) is 60.7 Å². The number of alkyl halides is 2. The predicted octanol–water partition coefficient (Wildman–Crippen LogP) is 3.45. The maximum absolute atomic E-state index is 13.5. The third-order valence-corrected chi connectivity index (χ3v) is 7.20. The SMILES string of the molecule is C[C@H](NC(=O)[C@@H]1CCCN1C(=O)[C@@H](Cc1ccccc1)NC(=O)OCc1ccccc1)C(=O)O.O=C(CBr)CBr. The lowest BCUT2D eigenvalue weighted by Gasteiger charge is -2.29. The minimum atomic E-state index is -1.16. The molecule has 3 amide bonds. The van der Waals surface area contributed by atoms with Gasteiger partial charge in [0.25, 0.3) is 0 Å². The van der Waals surface area contributed by atoms with Gasteiger partial charge >= 0.3 is 12.1 Å². The Kier molecular flexibility index (Phi) is 14.4. The zero-order chi connectivity index (χ0) is 29.5. The molecule has 0 aromatic heterocycles. The second kappa shape index (κ2) is 17.4. The van der Waals surface area contributed by atoms with E-state index >= 15 is 0 Å². The van der Waals surface area contributed by atoms with Crippen molar-refractivity contribution in [3.8, 4) is 0 Å². The molecule has 2 aromatic rings. The smallest absolute Gasteiger partial charge is 0.408 e. The molecule has 216 valence electrons. The van der Waals surface area contributed by atoms with Crippen molar-refractivity contribution in [1.82, 2.24) is 15.5 Å². The van der Waals surface area contributed by atoms with Crippen LogP contribution in [0.4, 0.5) is 4.79 Å². The van der Waals surface area contributed by atoms with Crippen molar-refractivity contribution in [3.63, 3.8) is 0 Å². The van der Waals surface area contributed by atoms with Crippen LogP contribution in [0.3, 0.4) is 0 Å². The zero-order valence-electron chi connectivity index (χ0n) is 22.1. The number of alkyl carbamates (subject to hydrolysis) is 1. The number of hydrogen-bond acceptors (Lipinski definition) is 6. The van der Waals surface area contributed by atoms with Crippen molar-refractivity contribution in [1.29, 1.82) is 0 Å². The van der Waals surface area contributed by atoms with Gasteiger partial charge < -0.3 is 25.4 Å². The van der Waals surface area contributed by atoms with E-state index in [0.717, 1.165) is 11.1 Å². The summed E-state index contributed by atoms with van der Waals surface area (Å²) in [6.07, 6.45) is 0.497. The van der Waals surface area contributed by atoms with Gasteiger partial charge in [-0.15, -0.1) is 0 Å². The molecule has 1 aliphatic heterocycles. The summed E-state index contributed by atoms with van der Waals surface area (Å²) in [5.74, 6) is -1.92. The molecule has 12 heteroatoms. The quantitative estimate of drug-likeness (QED) is 0.308. The number of rotatable bonds is 11. The number of Topliss-reactive ketones (excluding diaryl/α,β-unsaturated/α-hetero) is 1. The Morgan fingerprint density at radius 3 is 2.05 bits per heavy atom. The Bertz CT molecular complexity index is 1130. The fourth-order valence-corrected chi connectivity index (χ4v) is 4.80. The monoisotopic (exact) mass is 681 g/mol. The minimum absolute atomic E-state index is 0.0563. The molecule has 3 rings (SSSR count). The first-order chi connectivity index (χ1) is 19.2. The van der Waals surface area contributed by atoms with Crippen LogP contribution in [-0.2, 0) is 36.9 Å². The van der Waals surface area contributed by atoms with Gasteiger partial charge in [0.05, 0.1) is 10.7 Å². The van der Waals surface area contributed by atoms with Crippen LogP contribution in [0.5, 0.6) is 0 Å². The van der Waals surface area contributed by atoms with Gasteiger partial charge in [-0.05, 0) is 30.9 Å². The Balaban J connectivity index is 0.000000840. The first-order valence-electron chi connectivity index (χ1n) is 12.6. The summed E-state index contributed by atoms with van der Waals surface area (Å²) < 4.78 is 5.30. The number of likely N-dealkylation sites (tertiary alicyclic amines) is 1. The molecule has 0 saturated carbocycles. The van der Waals surface area contributed by atoms with Crippen molar-refractivity contribution in [2.45, 2.75) is 50.9 Å². The number of aliphatic carboxylic acids is 1. The predicted molar refractivity (Wildman–Crippen MR) is 156 cm³/mol. The first kappa shape index (κ1) is 33.0. The highest BCUT2D eigenvalue weighted by atomic mass is 79.9. The molecule has 1 aliphatic rings. The van der Waals surface area contributed by atoms with E-state index in [9.17, 15) is 24.0 Å². The Labute approximate surface area is 250 Å². The third kappa shape index (κ3) is 11.1. The number of halogens is 2. The maximum atomic E-state index is 13.5. The van der Waals surface area contributed by atoms with Gasteiger partial charge in [0.15, 0.2) is 5.78 Å². The summed E-state index contributed by atoms with van der Waals surface area (Å²) in [6.45, 7) is 1.76. The van der Waals surface area contributed by atoms with Crippen molar-refractivity contribution in [2.24, 2.45) is 0 Å². The number of benzene rings is 2. The summed E-state index contributed by atoms with van der Waals surface area (Å²) in [4.78, 5) is 61.2. The number of ketones is 1. The molecular formula is C28H33Br2N3O7.